The summed E-state index contributed by atoms with van der Waals surface area (Å²) in [6.07, 6.45) is -2.56. The minimum atomic E-state index is -4.36. The number of nitrogens with zero attached hydrogens (tertiary/aromatic N) is 10. The van der Waals surface area contributed by atoms with Crippen LogP contribution in [0.2, 0.25) is 0 Å². The minimum absolute atomic E-state index is 0.0162. The molecular formula is C64H76N14O15P2. The number of hydrogen-bond donors (Lipinski definition) is 4. The predicted octanol–water partition coefficient (Wildman–Crippen LogP) is 5.55. The van der Waals surface area contributed by atoms with Crippen LogP contribution in [0.15, 0.2) is 158 Å². The van der Waals surface area contributed by atoms with Gasteiger partial charge in [0, 0.05) is 55.6 Å². The Bertz CT molecular complexity index is 4430. The number of H-pyrrole nitrogens is 3. The molecule has 0 spiro atoms. The molecule has 3 aliphatic rings. The number of aromatic amines is 3. The van der Waals surface area contributed by atoms with Crippen molar-refractivity contribution in [2.45, 2.75) is 70.2 Å². The van der Waals surface area contributed by atoms with Gasteiger partial charge in [-0.2, -0.15) is 4.98 Å². The molecular weight excluding hydrogens is 1270 g/mol. The largest absolute Gasteiger partial charge is 0.465 e. The number of benzene rings is 4. The van der Waals surface area contributed by atoms with E-state index >= 15 is 9.13 Å². The third kappa shape index (κ3) is 13.6. The summed E-state index contributed by atoms with van der Waals surface area (Å²) in [5.74, 6) is -1.77. The van der Waals surface area contributed by atoms with Gasteiger partial charge in [0.25, 0.3) is 16.7 Å². The van der Waals surface area contributed by atoms with Gasteiger partial charge >= 0.3 is 32.7 Å². The zero-order valence-electron chi connectivity index (χ0n) is 53.9. The third-order valence-electron chi connectivity index (χ3n) is 17.1. The van der Waals surface area contributed by atoms with Crippen molar-refractivity contribution in [3.63, 3.8) is 0 Å². The molecule has 3 saturated heterocycles. The Kier molecular flexibility index (Phi) is 20.1. The van der Waals surface area contributed by atoms with Gasteiger partial charge in [0.2, 0.25) is 11.9 Å². The first-order chi connectivity index (χ1) is 45.4. The van der Waals surface area contributed by atoms with Crippen molar-refractivity contribution in [3.8, 4) is 0 Å². The van der Waals surface area contributed by atoms with Crippen LogP contribution >= 0.6 is 15.3 Å². The first-order valence-corrected chi connectivity index (χ1v) is 33.8. The van der Waals surface area contributed by atoms with Gasteiger partial charge in [0.1, 0.15) is 6.23 Å². The van der Waals surface area contributed by atoms with Gasteiger partial charge in [0.05, 0.1) is 69.2 Å². The number of methoxy groups -OCH3 is 1. The topological polar surface area (TPSA) is 325 Å². The summed E-state index contributed by atoms with van der Waals surface area (Å²) in [6.45, 7) is 5.00. The molecule has 1 amide bonds. The van der Waals surface area contributed by atoms with Gasteiger partial charge in [-0.1, -0.05) is 123 Å². The van der Waals surface area contributed by atoms with E-state index in [4.69, 9.17) is 28.0 Å². The number of esters is 1. The highest BCUT2D eigenvalue weighted by molar-refractivity contribution is 7.54. The summed E-state index contributed by atoms with van der Waals surface area (Å²) in [4.78, 5) is 112. The summed E-state index contributed by atoms with van der Waals surface area (Å²) in [6, 6.07) is 36.3. The van der Waals surface area contributed by atoms with Crippen molar-refractivity contribution in [2.75, 3.05) is 93.1 Å². The highest BCUT2D eigenvalue weighted by Gasteiger charge is 2.50. The molecule has 4 aromatic carbocycles. The first-order valence-electron chi connectivity index (χ1n) is 30.8. The maximum absolute atomic E-state index is 16.5. The lowest BCUT2D eigenvalue weighted by Gasteiger charge is -2.51. The fourth-order valence-electron chi connectivity index (χ4n) is 12.3. The molecule has 3 aliphatic heterocycles. The van der Waals surface area contributed by atoms with Gasteiger partial charge in [-0.05, 0) is 70.4 Å². The quantitative estimate of drug-likeness (QED) is 0.0389. The summed E-state index contributed by atoms with van der Waals surface area (Å²) in [7, 11) is -1.21. The number of fused-ring (bicyclic) bond motifs is 1. The summed E-state index contributed by atoms with van der Waals surface area (Å²) in [5, 5.41) is 2.64. The number of aryl methyl sites for hydroxylation is 2. The van der Waals surface area contributed by atoms with E-state index in [1.54, 1.807) is 63.8 Å². The fraction of sp³-hybridized carbons (Fsp3) is 0.391. The minimum Gasteiger partial charge on any atom is -0.465 e. The molecule has 29 nitrogen and oxygen atoms in total. The van der Waals surface area contributed by atoms with E-state index in [1.165, 1.54) is 74.6 Å². The molecule has 0 radical (unpaired) electrons. The van der Waals surface area contributed by atoms with Crippen molar-refractivity contribution < 1.29 is 46.7 Å². The predicted molar refractivity (Wildman–Crippen MR) is 351 cm³/mol. The number of hydrogen-bond acceptors (Lipinski definition) is 18. The number of nitrogens with one attached hydrogen (secondary N) is 4. The van der Waals surface area contributed by atoms with Crippen LogP contribution in [0.3, 0.4) is 0 Å². The fourth-order valence-corrected chi connectivity index (χ4v) is 16.3. The van der Waals surface area contributed by atoms with Crippen LogP contribution in [0.25, 0.3) is 11.2 Å². The molecule has 11 rings (SSSR count). The molecule has 4 N–H and O–H groups in total. The van der Waals surface area contributed by atoms with E-state index in [-0.39, 0.29) is 79.7 Å². The van der Waals surface area contributed by atoms with Gasteiger partial charge < -0.3 is 28.0 Å². The molecule has 0 aliphatic carbocycles. The van der Waals surface area contributed by atoms with Gasteiger partial charge in [-0.25, -0.2) is 38.0 Å². The van der Waals surface area contributed by atoms with Gasteiger partial charge in [0.15, 0.2) is 23.6 Å². The number of rotatable bonds is 21. The molecule has 8 aromatic rings. The second-order valence-corrected chi connectivity index (χ2v) is 29.4. The highest BCUT2D eigenvalue weighted by atomic mass is 31.2. The molecule has 0 bridgehead atoms. The number of carbonyl (C=O) groups excluding carboxylic acids is 2. The van der Waals surface area contributed by atoms with Gasteiger partial charge in [-0.15, -0.1) is 0 Å². The van der Waals surface area contributed by atoms with Crippen LogP contribution in [-0.4, -0.2) is 174 Å². The van der Waals surface area contributed by atoms with Gasteiger partial charge in [-0.3, -0.25) is 67.2 Å². The first kappa shape index (κ1) is 68.0. The Morgan fingerprint density at radius 1 is 0.621 bits per heavy atom. The van der Waals surface area contributed by atoms with Crippen LogP contribution in [0, 0.1) is 19.8 Å². The molecule has 502 valence electrons. The molecule has 3 fully saturated rings. The smallest absolute Gasteiger partial charge is 0.345 e. The number of aromatic nitrogens is 8. The standard InChI is InChI=1S/C64H76N14O15P2/c1-40(2)56(79)67-61-66-55-54(59(82)68-61)65-39-78(55)53-36-74(32-47(92-53)38-90-95(87,72(7)8)75-33-50(48-27-19-20-28-49(48)60(83)88-9)93-52(35-75)77-30-42(4)58(81)70-63(77)85)94(86,71(5)6)89-37-46-31-73(34-51(91-46)76-29-41(3)57(80)69-62(76)84)64(43-21-13-10-14-22-43,44-23-15-11-16-24-44)45-25-17-12-18-26-45/h10-30,39-40,46-47,50-53H,31-38H2,1-9H3,(H,69,80,84)(H,70,81,85)(H2,66,67,68,79,82)/t46-,47-,50+,51+,52+,53+,94-,95-/m0/s1. The maximum Gasteiger partial charge on any atom is 0.345 e. The SMILES string of the molecule is COC(=O)c1ccccc1[C@H]1CN([P@@](=O)(OC[C@@H]2CN([P@@](=O)(OC[C@@H]3CN(C(c4ccccc4)(c4ccccc4)c4ccccc4)C[C@H](n4cc(C)c(=O)[nH]c4=O)O3)N(C)C)C[C@H](n3cnc4c(=O)[nH]c(NC(=O)C(C)C)nc43)O2)N(C)C)C[C@H](n2cc(C)c(=O)[nH]c2=O)O1. The monoisotopic (exact) mass is 1340 g/mol. The van der Waals surface area contributed by atoms with Crippen LogP contribution < -0.4 is 33.4 Å². The molecule has 0 unspecified atom stereocenters. The Hall–Kier alpha value is -8.41. The number of imidazole rings is 1. The van der Waals surface area contributed by atoms with Crippen molar-refractivity contribution in [3.05, 3.63) is 225 Å². The van der Waals surface area contributed by atoms with E-state index in [0.717, 1.165) is 16.7 Å². The second kappa shape index (κ2) is 28.1. The van der Waals surface area contributed by atoms with E-state index in [0.29, 0.717) is 5.56 Å². The van der Waals surface area contributed by atoms with Crippen molar-refractivity contribution in [2.24, 2.45) is 5.92 Å². The Morgan fingerprint density at radius 2 is 1.09 bits per heavy atom. The summed E-state index contributed by atoms with van der Waals surface area (Å²) in [5.41, 5.74) is -0.955. The van der Waals surface area contributed by atoms with E-state index in [1.807, 2.05) is 91.0 Å². The second-order valence-electron chi connectivity index (χ2n) is 24.1. The number of carbonyl (C=O) groups is 2. The lowest BCUT2D eigenvalue weighted by molar-refractivity contribution is -0.150. The number of morpholine rings is 3. The molecule has 95 heavy (non-hydrogen) atoms. The van der Waals surface area contributed by atoms with Crippen LogP contribution in [0.4, 0.5) is 5.95 Å². The third-order valence-corrected chi connectivity index (χ3v) is 22.2. The Morgan fingerprint density at radius 3 is 1.60 bits per heavy atom. The zero-order chi connectivity index (χ0) is 67.7. The molecule has 0 saturated carbocycles. The molecule has 7 heterocycles. The molecule has 4 aromatic heterocycles. The van der Waals surface area contributed by atoms with Crippen molar-refractivity contribution in [1.82, 2.24) is 62.2 Å². The van der Waals surface area contributed by atoms with E-state index in [2.05, 4.69) is 35.1 Å². The summed E-state index contributed by atoms with van der Waals surface area (Å²) >= 11 is 0. The van der Waals surface area contributed by atoms with Crippen LogP contribution in [0.5, 0.6) is 0 Å². The zero-order valence-corrected chi connectivity index (χ0v) is 55.7. The Balaban J connectivity index is 0.974. The summed E-state index contributed by atoms with van der Waals surface area (Å²) < 4.78 is 81.4. The Labute approximate surface area is 545 Å². The number of amides is 1. The number of anilines is 1. The van der Waals surface area contributed by atoms with Crippen LogP contribution in [-0.2, 0) is 47.5 Å². The normalized spacial score (nSPS) is 21.4. The lowest BCUT2D eigenvalue weighted by Crippen LogP contribution is -2.58. The maximum atomic E-state index is 16.5. The van der Waals surface area contributed by atoms with Crippen molar-refractivity contribution >= 4 is 44.3 Å². The lowest BCUT2D eigenvalue weighted by atomic mass is 9.75. The highest BCUT2D eigenvalue weighted by Crippen LogP contribution is 2.58. The van der Waals surface area contributed by atoms with Crippen LogP contribution in [0.1, 0.15) is 82.4 Å². The van der Waals surface area contributed by atoms with Crippen molar-refractivity contribution in [1.29, 1.82) is 0 Å². The average Bonchev–Trinajstić information content (AvgIpc) is 1.13. The van der Waals surface area contributed by atoms with E-state index in [9.17, 15) is 33.6 Å². The van der Waals surface area contributed by atoms with E-state index < -0.39 is 110 Å². The molecule has 31 heteroatoms. The molecule has 8 atom stereocenters. The average molecular weight is 1340 g/mol. The number of ether oxygens (including phenoxy) is 4.